The molecule has 0 saturated heterocycles. The maximum Gasteiger partial charge on any atom is 0.251 e. The van der Waals surface area contributed by atoms with Crippen molar-refractivity contribution in [2.75, 3.05) is 12.4 Å². The number of rotatable bonds is 5. The molecular weight excluding hydrogens is 264 g/mol. The van der Waals surface area contributed by atoms with Crippen LogP contribution in [-0.2, 0) is 13.0 Å². The first-order valence-electron chi connectivity index (χ1n) is 7.00. The molecule has 0 fully saturated rings. The van der Waals surface area contributed by atoms with Crippen molar-refractivity contribution in [3.05, 3.63) is 53.0 Å². The number of aromatic nitrogens is 2. The highest BCUT2D eigenvalue weighted by Crippen LogP contribution is 2.11. The number of aryl methyl sites for hydroxylation is 2. The van der Waals surface area contributed by atoms with Crippen LogP contribution in [0, 0.1) is 6.92 Å². The molecule has 2 aromatic rings. The van der Waals surface area contributed by atoms with E-state index in [1.54, 1.807) is 25.5 Å². The Morgan fingerprint density at radius 2 is 2.14 bits per heavy atom. The second-order valence-corrected chi connectivity index (χ2v) is 4.82. The van der Waals surface area contributed by atoms with Crippen LogP contribution in [0.5, 0.6) is 0 Å². The minimum Gasteiger partial charge on any atom is -0.373 e. The summed E-state index contributed by atoms with van der Waals surface area (Å²) in [6, 6.07) is 5.51. The van der Waals surface area contributed by atoms with Crippen LogP contribution in [0.25, 0.3) is 0 Å². The summed E-state index contributed by atoms with van der Waals surface area (Å²) in [6.07, 6.45) is 4.31. The Labute approximate surface area is 124 Å². The quantitative estimate of drug-likeness (QED) is 0.884. The van der Waals surface area contributed by atoms with Gasteiger partial charge >= 0.3 is 0 Å². The molecule has 0 aliphatic carbocycles. The third kappa shape index (κ3) is 3.78. The molecule has 0 atom stereocenters. The Hall–Kier alpha value is -2.43. The predicted molar refractivity (Wildman–Crippen MR) is 83.3 cm³/mol. The Morgan fingerprint density at radius 3 is 2.81 bits per heavy atom. The minimum atomic E-state index is -0.105. The Balaban J connectivity index is 2.11. The largest absolute Gasteiger partial charge is 0.373 e. The van der Waals surface area contributed by atoms with Gasteiger partial charge in [0.25, 0.3) is 5.91 Å². The molecular formula is C16H20N4O. The van der Waals surface area contributed by atoms with Crippen molar-refractivity contribution < 1.29 is 4.79 Å². The minimum absolute atomic E-state index is 0.105. The highest BCUT2D eigenvalue weighted by Gasteiger charge is 2.09. The van der Waals surface area contributed by atoms with E-state index >= 15 is 0 Å². The van der Waals surface area contributed by atoms with Crippen molar-refractivity contribution in [3.8, 4) is 0 Å². The molecule has 5 nitrogen and oxygen atoms in total. The smallest absolute Gasteiger partial charge is 0.251 e. The number of hydrogen-bond donors (Lipinski definition) is 2. The monoisotopic (exact) mass is 284 g/mol. The number of carbonyl (C=O) groups excluding carboxylic acids is 1. The fraction of sp³-hybridized carbons (Fsp3) is 0.312. The lowest BCUT2D eigenvalue weighted by atomic mass is 10.1. The van der Waals surface area contributed by atoms with E-state index in [0.29, 0.717) is 17.9 Å². The summed E-state index contributed by atoms with van der Waals surface area (Å²) in [7, 11) is 1.79. The number of nitrogens with one attached hydrogen (secondary N) is 2. The molecule has 0 radical (unpaired) electrons. The van der Waals surface area contributed by atoms with Gasteiger partial charge in [0, 0.05) is 37.2 Å². The second kappa shape index (κ2) is 6.83. The van der Waals surface area contributed by atoms with Crippen molar-refractivity contribution in [2.24, 2.45) is 0 Å². The average molecular weight is 284 g/mol. The molecule has 5 heteroatoms. The molecule has 0 saturated carbocycles. The first kappa shape index (κ1) is 15.0. The van der Waals surface area contributed by atoms with Crippen molar-refractivity contribution in [1.29, 1.82) is 0 Å². The lowest BCUT2D eigenvalue weighted by Gasteiger charge is -2.10. The third-order valence-corrected chi connectivity index (χ3v) is 3.35. The molecule has 0 bridgehead atoms. The SMILES string of the molecule is CCc1cc(C(=O)NCc2cnccc2C)cc(NC)n1. The first-order valence-corrected chi connectivity index (χ1v) is 7.00. The Bertz CT molecular complexity index is 618. The van der Waals surface area contributed by atoms with Crippen LogP contribution in [0.2, 0.25) is 0 Å². The van der Waals surface area contributed by atoms with Gasteiger partial charge < -0.3 is 10.6 Å². The molecule has 1 amide bonds. The number of nitrogens with zero attached hydrogens (tertiary/aromatic N) is 2. The lowest BCUT2D eigenvalue weighted by Crippen LogP contribution is -2.23. The van der Waals surface area contributed by atoms with E-state index in [-0.39, 0.29) is 5.91 Å². The summed E-state index contributed by atoms with van der Waals surface area (Å²) in [6.45, 7) is 4.49. The summed E-state index contributed by atoms with van der Waals surface area (Å²) >= 11 is 0. The van der Waals surface area contributed by atoms with Crippen molar-refractivity contribution in [2.45, 2.75) is 26.8 Å². The molecule has 0 unspecified atom stereocenters. The highest BCUT2D eigenvalue weighted by molar-refractivity contribution is 5.95. The first-order chi connectivity index (χ1) is 10.1. The van der Waals surface area contributed by atoms with E-state index < -0.39 is 0 Å². The zero-order valence-electron chi connectivity index (χ0n) is 12.6. The second-order valence-electron chi connectivity index (χ2n) is 4.82. The van der Waals surface area contributed by atoms with Crippen LogP contribution in [0.1, 0.15) is 34.1 Å². The summed E-state index contributed by atoms with van der Waals surface area (Å²) in [5.74, 6) is 0.601. The number of anilines is 1. The number of pyridine rings is 2. The molecule has 0 aliphatic rings. The van der Waals surface area contributed by atoms with E-state index in [1.807, 2.05) is 26.0 Å². The predicted octanol–water partition coefficient (Wildman–Crippen LogP) is 2.32. The van der Waals surface area contributed by atoms with Gasteiger partial charge in [0.2, 0.25) is 0 Å². The van der Waals surface area contributed by atoms with Gasteiger partial charge in [0.1, 0.15) is 5.82 Å². The molecule has 21 heavy (non-hydrogen) atoms. The van der Waals surface area contributed by atoms with E-state index in [2.05, 4.69) is 20.6 Å². The topological polar surface area (TPSA) is 66.9 Å². The van der Waals surface area contributed by atoms with Crippen LogP contribution in [-0.4, -0.2) is 22.9 Å². The number of carbonyl (C=O) groups is 1. The van der Waals surface area contributed by atoms with Crippen LogP contribution in [0.3, 0.4) is 0 Å². The zero-order chi connectivity index (χ0) is 15.2. The van der Waals surface area contributed by atoms with E-state index in [9.17, 15) is 4.79 Å². The van der Waals surface area contributed by atoms with Crippen LogP contribution < -0.4 is 10.6 Å². The molecule has 2 rings (SSSR count). The highest BCUT2D eigenvalue weighted by atomic mass is 16.1. The van der Waals surface area contributed by atoms with Gasteiger partial charge in [-0.25, -0.2) is 4.98 Å². The lowest BCUT2D eigenvalue weighted by molar-refractivity contribution is 0.0950. The summed E-state index contributed by atoms with van der Waals surface area (Å²) in [5, 5.41) is 5.90. The van der Waals surface area contributed by atoms with Gasteiger partial charge in [-0.05, 0) is 42.7 Å². The van der Waals surface area contributed by atoms with Gasteiger partial charge in [0.05, 0.1) is 0 Å². The maximum atomic E-state index is 12.3. The third-order valence-electron chi connectivity index (χ3n) is 3.35. The molecule has 2 aromatic heterocycles. The van der Waals surface area contributed by atoms with Crippen molar-refractivity contribution in [1.82, 2.24) is 15.3 Å². The molecule has 0 spiro atoms. The normalized spacial score (nSPS) is 10.2. The van der Waals surface area contributed by atoms with E-state index in [1.165, 1.54) is 0 Å². The van der Waals surface area contributed by atoms with E-state index in [4.69, 9.17) is 0 Å². The van der Waals surface area contributed by atoms with Gasteiger partial charge in [-0.1, -0.05) is 6.92 Å². The Kier molecular flexibility index (Phi) is 4.87. The molecule has 0 aromatic carbocycles. The number of amides is 1. The number of hydrogen-bond acceptors (Lipinski definition) is 4. The summed E-state index contributed by atoms with van der Waals surface area (Å²) < 4.78 is 0. The Morgan fingerprint density at radius 1 is 1.33 bits per heavy atom. The molecule has 0 aliphatic heterocycles. The van der Waals surface area contributed by atoms with Gasteiger partial charge in [0.15, 0.2) is 0 Å². The fourth-order valence-corrected chi connectivity index (χ4v) is 1.99. The summed E-state index contributed by atoms with van der Waals surface area (Å²) in [5.41, 5.74) is 3.65. The van der Waals surface area contributed by atoms with Gasteiger partial charge in [-0.2, -0.15) is 0 Å². The zero-order valence-corrected chi connectivity index (χ0v) is 12.6. The van der Waals surface area contributed by atoms with Crippen molar-refractivity contribution >= 4 is 11.7 Å². The fourth-order valence-electron chi connectivity index (χ4n) is 1.99. The van der Waals surface area contributed by atoms with Gasteiger partial charge in [-0.15, -0.1) is 0 Å². The van der Waals surface area contributed by atoms with E-state index in [0.717, 1.165) is 23.2 Å². The molecule has 2 heterocycles. The molecule has 2 N–H and O–H groups in total. The summed E-state index contributed by atoms with van der Waals surface area (Å²) in [4.78, 5) is 20.7. The maximum absolute atomic E-state index is 12.3. The van der Waals surface area contributed by atoms with Crippen LogP contribution in [0.15, 0.2) is 30.6 Å². The van der Waals surface area contributed by atoms with Gasteiger partial charge in [-0.3, -0.25) is 9.78 Å². The molecule has 110 valence electrons. The van der Waals surface area contributed by atoms with Crippen LogP contribution in [0.4, 0.5) is 5.82 Å². The van der Waals surface area contributed by atoms with Crippen LogP contribution >= 0.6 is 0 Å². The average Bonchev–Trinajstić information content (AvgIpc) is 2.53. The standard InChI is InChI=1S/C16H20N4O/c1-4-14-7-12(8-15(17-3)20-14)16(21)19-10-13-9-18-6-5-11(13)2/h5-9H,4,10H2,1-3H3,(H,17,20)(H,19,21). The van der Waals surface area contributed by atoms with Crippen molar-refractivity contribution in [3.63, 3.8) is 0 Å².